The summed E-state index contributed by atoms with van der Waals surface area (Å²) in [6.07, 6.45) is -6.94. The van der Waals surface area contributed by atoms with Crippen LogP contribution in [0.5, 0.6) is 11.5 Å². The molecule has 162 valence electrons. The third-order valence-electron chi connectivity index (χ3n) is 4.89. The summed E-state index contributed by atoms with van der Waals surface area (Å²) in [4.78, 5) is 11.6. The van der Waals surface area contributed by atoms with Gasteiger partial charge in [-0.05, 0) is 35.4 Å². The summed E-state index contributed by atoms with van der Waals surface area (Å²) in [6, 6.07) is 11.9. The van der Waals surface area contributed by atoms with Gasteiger partial charge in [0.1, 0.15) is 24.4 Å². The number of methoxy groups -OCH3 is 2. The molecular weight excluding hydrogens is 396 g/mol. The molecule has 0 spiro atoms. The quantitative estimate of drug-likeness (QED) is 0.488. The molecule has 30 heavy (non-hydrogen) atoms. The molecular formula is C21H24O9. The second kappa shape index (κ2) is 9.41. The Morgan fingerprint density at radius 2 is 1.60 bits per heavy atom. The third-order valence-corrected chi connectivity index (χ3v) is 4.89. The number of carbonyl (C=O) groups is 1. The molecule has 0 amide bonds. The fraction of sp³-hybridized carbons (Fsp3) is 0.381. The van der Waals surface area contributed by atoms with E-state index in [9.17, 15) is 25.2 Å². The molecule has 2 aromatic rings. The largest absolute Gasteiger partial charge is 0.493 e. The number of hydrogen-bond donors (Lipinski definition) is 4. The van der Waals surface area contributed by atoms with Crippen molar-refractivity contribution in [3.63, 3.8) is 0 Å². The normalized spacial score (nSPS) is 26.1. The Balaban J connectivity index is 1.81. The van der Waals surface area contributed by atoms with Crippen LogP contribution in [0, 0.1) is 0 Å². The summed E-state index contributed by atoms with van der Waals surface area (Å²) in [5.74, 6) is 0.140. The number of carbonyl (C=O) groups excluding carboxylic acids is 1. The first-order chi connectivity index (χ1) is 14.4. The van der Waals surface area contributed by atoms with Crippen LogP contribution in [-0.4, -0.2) is 77.9 Å². The first-order valence-corrected chi connectivity index (χ1v) is 9.23. The molecule has 1 aliphatic rings. The molecule has 9 nitrogen and oxygen atoms in total. The summed E-state index contributed by atoms with van der Waals surface area (Å²) < 4.78 is 21.1. The summed E-state index contributed by atoms with van der Waals surface area (Å²) in [5.41, 5.74) is 2.03. The van der Waals surface area contributed by atoms with Crippen LogP contribution in [0.25, 0.3) is 11.1 Å². The highest BCUT2D eigenvalue weighted by Gasteiger charge is 2.44. The minimum Gasteiger partial charge on any atom is -0.493 e. The van der Waals surface area contributed by atoms with Crippen LogP contribution in [0.15, 0.2) is 42.5 Å². The molecule has 0 aliphatic carbocycles. The van der Waals surface area contributed by atoms with E-state index < -0.39 is 43.3 Å². The van der Waals surface area contributed by atoms with Gasteiger partial charge < -0.3 is 39.4 Å². The Labute approximate surface area is 173 Å². The summed E-state index contributed by atoms with van der Waals surface area (Å²) in [7, 11) is 2.76. The average molecular weight is 420 g/mol. The van der Waals surface area contributed by atoms with Crippen LogP contribution >= 0.6 is 0 Å². The lowest BCUT2D eigenvalue weighted by atomic mass is 9.99. The fourth-order valence-corrected chi connectivity index (χ4v) is 3.15. The van der Waals surface area contributed by atoms with Gasteiger partial charge >= 0.3 is 5.97 Å². The lowest BCUT2D eigenvalue weighted by Gasteiger charge is -2.39. The smallest absolute Gasteiger partial charge is 0.337 e. The zero-order chi connectivity index (χ0) is 21.8. The first-order valence-electron chi connectivity index (χ1n) is 9.23. The van der Waals surface area contributed by atoms with Crippen LogP contribution in [-0.2, 0) is 9.47 Å². The third kappa shape index (κ3) is 4.40. The molecule has 4 N–H and O–H groups in total. The van der Waals surface area contributed by atoms with Gasteiger partial charge in [-0.1, -0.05) is 18.2 Å². The van der Waals surface area contributed by atoms with Gasteiger partial charge in [0.15, 0.2) is 11.5 Å². The van der Waals surface area contributed by atoms with E-state index in [1.807, 2.05) is 0 Å². The fourth-order valence-electron chi connectivity index (χ4n) is 3.15. The second-order valence-electron chi connectivity index (χ2n) is 6.75. The minimum absolute atomic E-state index is 0.233. The molecule has 1 heterocycles. The predicted octanol–water partition coefficient (Wildman–Crippen LogP) is 0.327. The van der Waals surface area contributed by atoms with Crippen molar-refractivity contribution >= 4 is 5.97 Å². The highest BCUT2D eigenvalue weighted by molar-refractivity contribution is 5.90. The Morgan fingerprint density at radius 3 is 2.20 bits per heavy atom. The van der Waals surface area contributed by atoms with Crippen molar-refractivity contribution < 1.29 is 44.2 Å². The zero-order valence-electron chi connectivity index (χ0n) is 16.5. The van der Waals surface area contributed by atoms with E-state index in [0.29, 0.717) is 11.3 Å². The molecule has 0 unspecified atom stereocenters. The van der Waals surface area contributed by atoms with Crippen molar-refractivity contribution in [1.29, 1.82) is 0 Å². The average Bonchev–Trinajstić information content (AvgIpc) is 2.79. The van der Waals surface area contributed by atoms with E-state index in [1.165, 1.54) is 14.2 Å². The number of esters is 1. The number of ether oxygens (including phenoxy) is 4. The van der Waals surface area contributed by atoms with Crippen molar-refractivity contribution in [3.05, 3.63) is 48.0 Å². The molecule has 0 aromatic heterocycles. The molecule has 0 bridgehead atoms. The standard InChI is InChI=1S/C21H24O9/c1-27-15-9-13(11-3-5-12(6-4-11)20(26)28-2)7-8-14(15)29-21-19(25)18(24)17(23)16(10-22)30-21/h3-9,16-19,21-25H,10H2,1-2H3/t16-,17-,18+,19+,21+/m1/s1. The topological polar surface area (TPSA) is 135 Å². The Morgan fingerprint density at radius 1 is 0.933 bits per heavy atom. The van der Waals surface area contributed by atoms with Crippen LogP contribution in [0.4, 0.5) is 0 Å². The maximum atomic E-state index is 11.6. The van der Waals surface area contributed by atoms with E-state index in [-0.39, 0.29) is 5.75 Å². The Hall–Kier alpha value is -2.69. The van der Waals surface area contributed by atoms with Crippen molar-refractivity contribution in [3.8, 4) is 22.6 Å². The maximum Gasteiger partial charge on any atom is 0.337 e. The number of aliphatic hydroxyl groups is 4. The van der Waals surface area contributed by atoms with Crippen molar-refractivity contribution in [2.45, 2.75) is 30.7 Å². The maximum absolute atomic E-state index is 11.6. The van der Waals surface area contributed by atoms with E-state index in [2.05, 4.69) is 4.74 Å². The van der Waals surface area contributed by atoms with Gasteiger partial charge in [0.25, 0.3) is 0 Å². The van der Waals surface area contributed by atoms with Gasteiger partial charge in [-0.2, -0.15) is 0 Å². The van der Waals surface area contributed by atoms with Gasteiger partial charge in [-0.25, -0.2) is 4.79 Å². The van der Waals surface area contributed by atoms with E-state index in [0.717, 1.165) is 11.1 Å². The van der Waals surface area contributed by atoms with Gasteiger partial charge in [-0.3, -0.25) is 0 Å². The van der Waals surface area contributed by atoms with Gasteiger partial charge in [-0.15, -0.1) is 0 Å². The highest BCUT2D eigenvalue weighted by Crippen LogP contribution is 2.35. The number of hydrogen-bond acceptors (Lipinski definition) is 9. The predicted molar refractivity (Wildman–Crippen MR) is 104 cm³/mol. The van der Waals surface area contributed by atoms with Gasteiger partial charge in [0, 0.05) is 0 Å². The SMILES string of the molecule is COC(=O)c1ccc(-c2ccc(O[C@H]3O[C@H](CO)[C@@H](O)[C@H](O)[C@@H]3O)c(OC)c2)cc1. The Bertz CT molecular complexity index is 865. The molecule has 1 saturated heterocycles. The molecule has 1 aliphatic heterocycles. The summed E-state index contributed by atoms with van der Waals surface area (Å²) in [6.45, 7) is -0.553. The molecule has 0 saturated carbocycles. The van der Waals surface area contributed by atoms with Crippen molar-refractivity contribution in [2.75, 3.05) is 20.8 Å². The molecule has 2 aromatic carbocycles. The van der Waals surface area contributed by atoms with Crippen LogP contribution in [0.2, 0.25) is 0 Å². The van der Waals surface area contributed by atoms with Crippen molar-refractivity contribution in [2.24, 2.45) is 0 Å². The zero-order valence-corrected chi connectivity index (χ0v) is 16.5. The lowest BCUT2D eigenvalue weighted by Crippen LogP contribution is -2.60. The first kappa shape index (κ1) is 22.0. The van der Waals surface area contributed by atoms with Crippen LogP contribution in [0.1, 0.15) is 10.4 Å². The molecule has 5 atom stereocenters. The highest BCUT2D eigenvalue weighted by atomic mass is 16.7. The minimum atomic E-state index is -1.54. The van der Waals surface area contributed by atoms with E-state index in [4.69, 9.17) is 14.2 Å². The second-order valence-corrected chi connectivity index (χ2v) is 6.75. The number of rotatable bonds is 6. The molecule has 0 radical (unpaired) electrons. The van der Waals surface area contributed by atoms with E-state index in [1.54, 1.807) is 42.5 Å². The Kier molecular flexibility index (Phi) is 6.91. The number of aliphatic hydroxyl groups excluding tert-OH is 4. The van der Waals surface area contributed by atoms with Crippen LogP contribution in [0.3, 0.4) is 0 Å². The monoisotopic (exact) mass is 420 g/mol. The summed E-state index contributed by atoms with van der Waals surface area (Å²) in [5, 5.41) is 39.2. The molecule has 3 rings (SSSR count). The number of benzene rings is 2. The summed E-state index contributed by atoms with van der Waals surface area (Å²) >= 11 is 0. The molecule has 9 heteroatoms. The lowest BCUT2D eigenvalue weighted by molar-refractivity contribution is -0.277. The van der Waals surface area contributed by atoms with Gasteiger partial charge in [0.05, 0.1) is 26.4 Å². The molecule has 1 fully saturated rings. The van der Waals surface area contributed by atoms with Crippen LogP contribution < -0.4 is 9.47 Å². The van der Waals surface area contributed by atoms with Gasteiger partial charge in [0.2, 0.25) is 6.29 Å². The van der Waals surface area contributed by atoms with E-state index >= 15 is 0 Å². The van der Waals surface area contributed by atoms with Crippen molar-refractivity contribution in [1.82, 2.24) is 0 Å².